The zero-order valence-electron chi connectivity index (χ0n) is 10.2. The lowest BCUT2D eigenvalue weighted by atomic mass is 10.2. The number of nitrogens with two attached hydrogens (primary N) is 1. The molecule has 1 aromatic carbocycles. The Morgan fingerprint density at radius 2 is 2.06 bits per heavy atom. The van der Waals surface area contributed by atoms with E-state index >= 15 is 0 Å². The normalized spacial score (nSPS) is 11.2. The van der Waals surface area contributed by atoms with Gasteiger partial charge >= 0.3 is 0 Å². The molecule has 3 rings (SSSR count). The molecule has 0 radical (unpaired) electrons. The molecule has 0 amide bonds. The van der Waals surface area contributed by atoms with Gasteiger partial charge in [0.1, 0.15) is 0 Å². The monoisotopic (exact) mass is 256 g/mol. The third-order valence-electron chi connectivity index (χ3n) is 3.31. The highest BCUT2D eigenvalue weighted by Crippen LogP contribution is 2.20. The van der Waals surface area contributed by atoms with Gasteiger partial charge in [-0.15, -0.1) is 0 Å². The smallest absolute Gasteiger partial charge is 0.0483 e. The second kappa shape index (κ2) is 4.96. The molecule has 2 N–H and O–H groups in total. The fourth-order valence-corrected chi connectivity index (χ4v) is 3.08. The Morgan fingerprint density at radius 3 is 2.83 bits per heavy atom. The quantitative estimate of drug-likeness (QED) is 0.762. The highest BCUT2D eigenvalue weighted by atomic mass is 32.1. The summed E-state index contributed by atoms with van der Waals surface area (Å²) in [4.78, 5) is 0. The highest BCUT2D eigenvalue weighted by molar-refractivity contribution is 7.07. The van der Waals surface area contributed by atoms with Gasteiger partial charge in [0.25, 0.3) is 0 Å². The van der Waals surface area contributed by atoms with Crippen molar-refractivity contribution in [1.29, 1.82) is 0 Å². The van der Waals surface area contributed by atoms with Gasteiger partial charge in [-0.25, -0.2) is 0 Å². The molecule has 0 atom stereocenters. The van der Waals surface area contributed by atoms with Gasteiger partial charge in [-0.1, -0.05) is 18.2 Å². The maximum absolute atomic E-state index is 5.84. The lowest BCUT2D eigenvalue weighted by Crippen LogP contribution is -2.08. The van der Waals surface area contributed by atoms with Crippen molar-refractivity contribution in [2.45, 2.75) is 19.5 Å². The van der Waals surface area contributed by atoms with Gasteiger partial charge in [-0.05, 0) is 46.3 Å². The molecule has 0 aliphatic rings. The Hall–Kier alpha value is -1.58. The van der Waals surface area contributed by atoms with Crippen LogP contribution in [0.15, 0.2) is 47.2 Å². The molecule has 0 spiro atoms. The number of hydrogen-bond acceptors (Lipinski definition) is 2. The van der Waals surface area contributed by atoms with Crippen LogP contribution in [0.1, 0.15) is 11.3 Å². The van der Waals surface area contributed by atoms with Gasteiger partial charge in [0.15, 0.2) is 0 Å². The van der Waals surface area contributed by atoms with Gasteiger partial charge in [-0.3, -0.25) is 0 Å². The molecule has 3 aromatic rings. The number of para-hydroxylation sites is 1. The number of hydrogen-bond donors (Lipinski definition) is 1. The summed E-state index contributed by atoms with van der Waals surface area (Å²) >= 11 is 1.76. The van der Waals surface area contributed by atoms with Crippen LogP contribution >= 0.6 is 11.3 Å². The second-order valence-corrected chi connectivity index (χ2v) is 5.21. The van der Waals surface area contributed by atoms with Crippen molar-refractivity contribution >= 4 is 22.2 Å². The van der Waals surface area contributed by atoms with E-state index in [1.54, 1.807) is 11.3 Å². The zero-order chi connectivity index (χ0) is 12.4. The first-order chi connectivity index (χ1) is 8.88. The van der Waals surface area contributed by atoms with Gasteiger partial charge in [-0.2, -0.15) is 11.3 Å². The molecule has 0 aliphatic carbocycles. The Balaban J connectivity index is 1.94. The number of aromatic nitrogens is 1. The van der Waals surface area contributed by atoms with E-state index in [1.165, 1.54) is 22.2 Å². The van der Waals surface area contributed by atoms with Gasteiger partial charge < -0.3 is 10.3 Å². The molecule has 2 nitrogen and oxygen atoms in total. The second-order valence-electron chi connectivity index (χ2n) is 4.43. The summed E-state index contributed by atoms with van der Waals surface area (Å²) in [5.74, 6) is 0. The van der Waals surface area contributed by atoms with Crippen molar-refractivity contribution in [1.82, 2.24) is 4.57 Å². The molecule has 2 heterocycles. The minimum absolute atomic E-state index is 0.596. The van der Waals surface area contributed by atoms with Crippen LogP contribution in [0, 0.1) is 0 Å². The van der Waals surface area contributed by atoms with Gasteiger partial charge in [0, 0.05) is 24.3 Å². The maximum atomic E-state index is 5.84. The minimum atomic E-state index is 0.596. The number of fused-ring (bicyclic) bond motifs is 1. The standard InChI is InChI=1S/C15H16N2S/c16-10-14-9-13-3-1-2-4-15(13)17(14)7-5-12-6-8-18-11-12/h1-4,6,8-9,11H,5,7,10,16H2. The molecular formula is C15H16N2S. The van der Waals surface area contributed by atoms with Crippen LogP contribution < -0.4 is 5.73 Å². The van der Waals surface area contributed by atoms with Crippen molar-refractivity contribution in [2.75, 3.05) is 0 Å². The first-order valence-electron chi connectivity index (χ1n) is 6.17. The van der Waals surface area contributed by atoms with Crippen molar-refractivity contribution in [3.63, 3.8) is 0 Å². The van der Waals surface area contributed by atoms with E-state index in [1.807, 2.05) is 0 Å². The number of benzene rings is 1. The highest BCUT2D eigenvalue weighted by Gasteiger charge is 2.07. The van der Waals surface area contributed by atoms with E-state index in [9.17, 15) is 0 Å². The lowest BCUT2D eigenvalue weighted by Gasteiger charge is -2.08. The van der Waals surface area contributed by atoms with Gasteiger partial charge in [0.05, 0.1) is 0 Å². The average molecular weight is 256 g/mol. The summed E-state index contributed by atoms with van der Waals surface area (Å²) < 4.78 is 2.34. The van der Waals surface area contributed by atoms with Crippen molar-refractivity contribution < 1.29 is 0 Å². The average Bonchev–Trinajstić information content (AvgIpc) is 3.03. The summed E-state index contributed by atoms with van der Waals surface area (Å²) in [6.45, 7) is 1.59. The topological polar surface area (TPSA) is 30.9 Å². The summed E-state index contributed by atoms with van der Waals surface area (Å²) in [6.07, 6.45) is 1.06. The molecule has 0 unspecified atom stereocenters. The van der Waals surface area contributed by atoms with Crippen molar-refractivity contribution in [2.24, 2.45) is 5.73 Å². The number of rotatable bonds is 4. The molecule has 0 fully saturated rings. The van der Waals surface area contributed by atoms with Crippen LogP contribution in [0.2, 0.25) is 0 Å². The van der Waals surface area contributed by atoms with E-state index in [2.05, 4.69) is 51.7 Å². The molecule has 18 heavy (non-hydrogen) atoms. The molecule has 2 aromatic heterocycles. The lowest BCUT2D eigenvalue weighted by molar-refractivity contribution is 0.685. The largest absolute Gasteiger partial charge is 0.343 e. The Morgan fingerprint density at radius 1 is 1.17 bits per heavy atom. The van der Waals surface area contributed by atoms with Crippen LogP contribution in [-0.4, -0.2) is 4.57 Å². The summed E-state index contributed by atoms with van der Waals surface area (Å²) in [5.41, 5.74) is 9.75. The molecular weight excluding hydrogens is 240 g/mol. The number of thiophene rings is 1. The molecule has 0 bridgehead atoms. The fraction of sp³-hybridized carbons (Fsp3) is 0.200. The molecule has 0 saturated heterocycles. The summed E-state index contributed by atoms with van der Waals surface area (Å²) in [7, 11) is 0. The van der Waals surface area contributed by atoms with Crippen LogP contribution in [0.5, 0.6) is 0 Å². The fourth-order valence-electron chi connectivity index (χ4n) is 2.38. The summed E-state index contributed by atoms with van der Waals surface area (Å²) in [5, 5.41) is 5.63. The number of nitrogens with zero attached hydrogens (tertiary/aromatic N) is 1. The van der Waals surface area contributed by atoms with E-state index in [0.717, 1.165) is 13.0 Å². The van der Waals surface area contributed by atoms with Crippen LogP contribution in [0.4, 0.5) is 0 Å². The minimum Gasteiger partial charge on any atom is -0.343 e. The molecule has 0 saturated carbocycles. The van der Waals surface area contributed by atoms with Crippen molar-refractivity contribution in [3.8, 4) is 0 Å². The van der Waals surface area contributed by atoms with Crippen molar-refractivity contribution in [3.05, 3.63) is 58.4 Å². The summed E-state index contributed by atoms with van der Waals surface area (Å²) in [6, 6.07) is 12.9. The van der Waals surface area contributed by atoms with E-state index in [0.29, 0.717) is 6.54 Å². The zero-order valence-corrected chi connectivity index (χ0v) is 11.0. The third-order valence-corrected chi connectivity index (χ3v) is 4.04. The predicted molar refractivity (Wildman–Crippen MR) is 77.9 cm³/mol. The van der Waals surface area contributed by atoms with E-state index in [4.69, 9.17) is 5.73 Å². The molecule has 0 aliphatic heterocycles. The first-order valence-corrected chi connectivity index (χ1v) is 7.11. The van der Waals surface area contributed by atoms with Gasteiger partial charge in [0.2, 0.25) is 0 Å². The third kappa shape index (κ3) is 2.07. The maximum Gasteiger partial charge on any atom is 0.0483 e. The van der Waals surface area contributed by atoms with Crippen LogP contribution in [0.25, 0.3) is 10.9 Å². The van der Waals surface area contributed by atoms with E-state index in [-0.39, 0.29) is 0 Å². The SMILES string of the molecule is NCc1cc2ccccc2n1CCc1ccsc1. The Kier molecular flexibility index (Phi) is 3.17. The van der Waals surface area contributed by atoms with E-state index < -0.39 is 0 Å². The Labute approximate surface area is 111 Å². The number of aryl methyl sites for hydroxylation is 2. The first kappa shape index (κ1) is 11.5. The molecule has 3 heteroatoms. The Bertz CT molecular complexity index is 638. The van der Waals surface area contributed by atoms with Crippen LogP contribution in [0.3, 0.4) is 0 Å². The van der Waals surface area contributed by atoms with Crippen LogP contribution in [-0.2, 0) is 19.5 Å². The molecule has 92 valence electrons. The predicted octanol–water partition coefficient (Wildman–Crippen LogP) is 3.40.